The number of benzene rings is 3. The summed E-state index contributed by atoms with van der Waals surface area (Å²) in [5.41, 5.74) is 5.13. The Morgan fingerprint density at radius 3 is 1.77 bits per heavy atom. The van der Waals surface area contributed by atoms with Crippen LogP contribution in [0.4, 0.5) is 0 Å². The lowest BCUT2D eigenvalue weighted by atomic mass is 9.71. The monoisotopic (exact) mass is 547 g/mol. The zero-order valence-corrected chi connectivity index (χ0v) is 25.6. The summed E-state index contributed by atoms with van der Waals surface area (Å²) in [4.78, 5) is 0. The molecule has 1 aliphatic carbocycles. The van der Waals surface area contributed by atoms with E-state index in [4.69, 9.17) is 0 Å². The van der Waals surface area contributed by atoms with Crippen LogP contribution >= 0.6 is 7.26 Å². The molecule has 206 valence electrons. The molecule has 0 aromatic heterocycles. The zero-order valence-electron chi connectivity index (χ0n) is 24.7. The van der Waals surface area contributed by atoms with Gasteiger partial charge in [0.1, 0.15) is 23.2 Å². The molecule has 0 heterocycles. The van der Waals surface area contributed by atoms with E-state index < -0.39 is 7.26 Å². The van der Waals surface area contributed by atoms with E-state index in [9.17, 15) is 5.11 Å². The van der Waals surface area contributed by atoms with Crippen LogP contribution in [-0.2, 0) is 0 Å². The third kappa shape index (κ3) is 7.08. The predicted molar refractivity (Wildman–Crippen MR) is 178 cm³/mol. The number of hydrogen-bond donors (Lipinski definition) is 1. The van der Waals surface area contributed by atoms with Gasteiger partial charge in [-0.05, 0) is 87.1 Å². The minimum atomic E-state index is -1.87. The summed E-state index contributed by atoms with van der Waals surface area (Å²) in [5, 5.41) is 14.4. The van der Waals surface area contributed by atoms with E-state index >= 15 is 0 Å². The van der Waals surface area contributed by atoms with Crippen molar-refractivity contribution in [2.24, 2.45) is 5.41 Å². The van der Waals surface area contributed by atoms with Crippen LogP contribution < -0.4 is 15.9 Å². The van der Waals surface area contributed by atoms with Gasteiger partial charge in [-0.1, -0.05) is 116 Å². The van der Waals surface area contributed by atoms with Crippen LogP contribution in [0.15, 0.2) is 150 Å². The van der Waals surface area contributed by atoms with E-state index in [1.807, 2.05) is 0 Å². The van der Waals surface area contributed by atoms with Crippen molar-refractivity contribution in [2.45, 2.75) is 53.6 Å². The SMILES string of the molecule is CC(C=CC1=C(C)C[C@@H](O)CC1(C)C)=CC=CC(C)=CC[P+](c1ccccc1)(c1ccccc1)c1ccccc1. The quantitative estimate of drug-likeness (QED) is 0.210. The van der Waals surface area contributed by atoms with E-state index in [0.29, 0.717) is 0 Å². The standard InChI is InChI=1S/C38H44OP/c1-30(24-25-37-32(3)28-33(39)29-38(37,4)5)16-15-17-31(2)26-27-40(34-18-9-6-10-19-34,35-20-11-7-12-21-35)36-22-13-8-14-23-36/h6-26,33,39H,27-29H2,1-5H3/q+1/t33-/m1/s1. The fourth-order valence-corrected chi connectivity index (χ4v) is 10.1. The first-order chi connectivity index (χ1) is 19.2. The van der Waals surface area contributed by atoms with Gasteiger partial charge < -0.3 is 5.11 Å². The Labute approximate surface area is 242 Å². The van der Waals surface area contributed by atoms with E-state index in [1.54, 1.807) is 0 Å². The molecule has 0 aliphatic heterocycles. The molecule has 1 nitrogen and oxygen atoms in total. The minimum Gasteiger partial charge on any atom is -0.393 e. The van der Waals surface area contributed by atoms with Gasteiger partial charge in [-0.25, -0.2) is 0 Å². The fraction of sp³-hybridized carbons (Fsp3) is 0.263. The normalized spacial score (nSPS) is 18.6. The average molecular weight is 548 g/mol. The highest BCUT2D eigenvalue weighted by Crippen LogP contribution is 2.55. The minimum absolute atomic E-state index is 0.000432. The van der Waals surface area contributed by atoms with Gasteiger partial charge in [0.2, 0.25) is 0 Å². The van der Waals surface area contributed by atoms with Crippen LogP contribution in [0.1, 0.15) is 47.5 Å². The highest BCUT2D eigenvalue weighted by molar-refractivity contribution is 7.95. The lowest BCUT2D eigenvalue weighted by molar-refractivity contribution is 0.116. The molecule has 1 aliphatic rings. The molecule has 3 aromatic carbocycles. The van der Waals surface area contributed by atoms with Crippen LogP contribution in [-0.4, -0.2) is 17.4 Å². The summed E-state index contributed by atoms with van der Waals surface area (Å²) in [7, 11) is -1.87. The van der Waals surface area contributed by atoms with Crippen molar-refractivity contribution in [2.75, 3.05) is 6.16 Å². The summed E-state index contributed by atoms with van der Waals surface area (Å²) < 4.78 is 0. The maximum absolute atomic E-state index is 10.2. The van der Waals surface area contributed by atoms with Crippen molar-refractivity contribution in [3.8, 4) is 0 Å². The molecule has 0 spiro atoms. The van der Waals surface area contributed by atoms with Crippen LogP contribution in [0.2, 0.25) is 0 Å². The number of rotatable bonds is 9. The van der Waals surface area contributed by atoms with Gasteiger partial charge in [-0.15, -0.1) is 0 Å². The Morgan fingerprint density at radius 1 is 0.800 bits per heavy atom. The molecule has 0 saturated carbocycles. The van der Waals surface area contributed by atoms with Gasteiger partial charge in [-0.3, -0.25) is 0 Å². The van der Waals surface area contributed by atoms with Crippen molar-refractivity contribution in [1.82, 2.24) is 0 Å². The third-order valence-electron chi connectivity index (χ3n) is 7.99. The van der Waals surface area contributed by atoms with Gasteiger partial charge in [0.05, 0.1) is 12.3 Å². The Balaban J connectivity index is 1.60. The molecule has 0 bridgehead atoms. The number of allylic oxidation sites excluding steroid dienone is 9. The second-order valence-corrected chi connectivity index (χ2v) is 15.2. The van der Waals surface area contributed by atoms with Crippen molar-refractivity contribution in [3.63, 3.8) is 0 Å². The maximum Gasteiger partial charge on any atom is 0.115 e. The molecule has 0 fully saturated rings. The van der Waals surface area contributed by atoms with Crippen LogP contribution in [0, 0.1) is 5.41 Å². The Bertz CT molecular complexity index is 1310. The fourth-order valence-electron chi connectivity index (χ4n) is 5.96. The maximum atomic E-state index is 10.2. The molecule has 0 saturated heterocycles. The van der Waals surface area contributed by atoms with E-state index in [2.05, 4.69) is 162 Å². The Kier molecular flexibility index (Phi) is 9.96. The molecule has 0 amide bonds. The largest absolute Gasteiger partial charge is 0.393 e. The Hall–Kier alpha value is -3.25. The molecular weight excluding hydrogens is 503 g/mol. The smallest absolute Gasteiger partial charge is 0.115 e. The average Bonchev–Trinajstić information content (AvgIpc) is 2.94. The lowest BCUT2D eigenvalue weighted by Gasteiger charge is -2.35. The van der Waals surface area contributed by atoms with Gasteiger partial charge in [0.25, 0.3) is 0 Å². The summed E-state index contributed by atoms with van der Waals surface area (Å²) in [5.74, 6) is 0. The van der Waals surface area contributed by atoms with Crippen LogP contribution in [0.3, 0.4) is 0 Å². The van der Waals surface area contributed by atoms with Crippen molar-refractivity contribution in [1.29, 1.82) is 0 Å². The van der Waals surface area contributed by atoms with E-state index in [1.165, 1.54) is 38.2 Å². The molecule has 0 radical (unpaired) electrons. The van der Waals surface area contributed by atoms with Gasteiger partial charge in [-0.2, -0.15) is 0 Å². The van der Waals surface area contributed by atoms with E-state index in [0.717, 1.165) is 19.0 Å². The predicted octanol–water partition coefficient (Wildman–Crippen LogP) is 8.48. The highest BCUT2D eigenvalue weighted by atomic mass is 31.2. The van der Waals surface area contributed by atoms with Crippen molar-refractivity contribution < 1.29 is 5.11 Å². The van der Waals surface area contributed by atoms with Crippen LogP contribution in [0.5, 0.6) is 0 Å². The Morgan fingerprint density at radius 2 is 1.30 bits per heavy atom. The molecule has 0 unspecified atom stereocenters. The summed E-state index contributed by atoms with van der Waals surface area (Å²) in [6, 6.07) is 33.1. The second kappa shape index (κ2) is 13.4. The molecule has 1 N–H and O–H groups in total. The number of aliphatic hydroxyl groups excluding tert-OH is 1. The molecule has 2 heteroatoms. The lowest BCUT2D eigenvalue weighted by Crippen LogP contribution is -2.33. The molecule has 1 atom stereocenters. The zero-order chi connectivity index (χ0) is 28.6. The molecular formula is C38H44OP+. The van der Waals surface area contributed by atoms with Crippen molar-refractivity contribution in [3.05, 3.63) is 150 Å². The molecule has 4 rings (SSSR count). The van der Waals surface area contributed by atoms with Gasteiger partial charge >= 0.3 is 0 Å². The first-order valence-corrected chi connectivity index (χ1v) is 16.3. The highest BCUT2D eigenvalue weighted by Gasteiger charge is 2.44. The first kappa shape index (κ1) is 29.7. The second-order valence-electron chi connectivity index (χ2n) is 11.7. The third-order valence-corrected chi connectivity index (χ3v) is 12.3. The molecule has 40 heavy (non-hydrogen) atoms. The molecule has 3 aromatic rings. The topological polar surface area (TPSA) is 20.2 Å². The number of aliphatic hydroxyl groups is 1. The first-order valence-electron chi connectivity index (χ1n) is 14.4. The van der Waals surface area contributed by atoms with Gasteiger partial charge in [0, 0.05) is 0 Å². The van der Waals surface area contributed by atoms with Crippen LogP contribution in [0.25, 0.3) is 0 Å². The van der Waals surface area contributed by atoms with Gasteiger partial charge in [0.15, 0.2) is 0 Å². The number of hydrogen-bond acceptors (Lipinski definition) is 1. The summed E-state index contributed by atoms with van der Waals surface area (Å²) in [6.45, 7) is 11.0. The summed E-state index contributed by atoms with van der Waals surface area (Å²) >= 11 is 0. The summed E-state index contributed by atoms with van der Waals surface area (Å²) in [6.07, 6.45) is 15.8. The van der Waals surface area contributed by atoms with E-state index in [-0.39, 0.29) is 11.5 Å². The van der Waals surface area contributed by atoms with Crippen molar-refractivity contribution >= 4 is 23.2 Å².